The van der Waals surface area contributed by atoms with E-state index in [1.165, 1.54) is 18.2 Å². The normalized spacial score (nSPS) is 15.4. The van der Waals surface area contributed by atoms with Gasteiger partial charge in [-0.15, -0.1) is 0 Å². The Hall–Kier alpha value is -3.59. The fourth-order valence-electron chi connectivity index (χ4n) is 3.64. The molecule has 0 fully saturated rings. The van der Waals surface area contributed by atoms with Crippen molar-refractivity contribution in [3.8, 4) is 11.5 Å². The largest absolute Gasteiger partial charge is 0.349 e. The second kappa shape index (κ2) is 7.34. The van der Waals surface area contributed by atoms with Gasteiger partial charge in [0.05, 0.1) is 24.6 Å². The molecular formula is C21H19F2N7. The SMILES string of the molecule is CCNC1Nc2cnc(-c3cnc4ccccn34)nc2N1Cc1c(F)cccc1F. The Kier molecular flexibility index (Phi) is 4.51. The van der Waals surface area contributed by atoms with Gasteiger partial charge in [-0.2, -0.15) is 0 Å². The lowest BCUT2D eigenvalue weighted by Crippen LogP contribution is -2.47. The molecule has 4 heterocycles. The molecule has 0 spiro atoms. The number of anilines is 2. The quantitative estimate of drug-likeness (QED) is 0.529. The lowest BCUT2D eigenvalue weighted by atomic mass is 10.2. The molecule has 1 aliphatic heterocycles. The Bertz CT molecular complexity index is 1200. The van der Waals surface area contributed by atoms with Crippen LogP contribution in [0.25, 0.3) is 17.2 Å². The first kappa shape index (κ1) is 18.4. The van der Waals surface area contributed by atoms with Crippen LogP contribution >= 0.6 is 0 Å². The fraction of sp³-hybridized carbons (Fsp3) is 0.190. The summed E-state index contributed by atoms with van der Waals surface area (Å²) in [6, 6.07) is 9.58. The van der Waals surface area contributed by atoms with Crippen molar-refractivity contribution in [1.82, 2.24) is 24.7 Å². The third-order valence-corrected chi connectivity index (χ3v) is 5.08. The lowest BCUT2D eigenvalue weighted by Gasteiger charge is -2.26. The Morgan fingerprint density at radius 2 is 1.90 bits per heavy atom. The molecule has 2 N–H and O–H groups in total. The van der Waals surface area contributed by atoms with Gasteiger partial charge >= 0.3 is 0 Å². The van der Waals surface area contributed by atoms with Crippen LogP contribution in [-0.2, 0) is 6.54 Å². The number of benzene rings is 1. The number of imidazole rings is 1. The van der Waals surface area contributed by atoms with Gasteiger partial charge in [-0.25, -0.2) is 23.7 Å². The number of halogens is 2. The lowest BCUT2D eigenvalue weighted by molar-refractivity contribution is 0.516. The van der Waals surface area contributed by atoms with Crippen molar-refractivity contribution in [1.29, 1.82) is 0 Å². The van der Waals surface area contributed by atoms with E-state index >= 15 is 0 Å². The summed E-state index contributed by atoms with van der Waals surface area (Å²) in [5.74, 6) is -0.130. The van der Waals surface area contributed by atoms with E-state index in [4.69, 9.17) is 4.98 Å². The number of aromatic nitrogens is 4. The molecule has 1 atom stereocenters. The summed E-state index contributed by atoms with van der Waals surface area (Å²) in [5.41, 5.74) is 2.20. The van der Waals surface area contributed by atoms with Gasteiger partial charge in [-0.3, -0.25) is 9.72 Å². The highest BCUT2D eigenvalue weighted by atomic mass is 19.1. The molecule has 3 aromatic heterocycles. The van der Waals surface area contributed by atoms with Crippen molar-refractivity contribution in [2.24, 2.45) is 0 Å². The minimum absolute atomic E-state index is 0.00924. The molecule has 152 valence electrons. The number of nitrogens with zero attached hydrogens (tertiary/aromatic N) is 5. The molecule has 1 unspecified atom stereocenters. The molecule has 0 amide bonds. The van der Waals surface area contributed by atoms with Crippen molar-refractivity contribution in [2.45, 2.75) is 19.8 Å². The van der Waals surface area contributed by atoms with Gasteiger partial charge in [-0.1, -0.05) is 19.1 Å². The Balaban J connectivity index is 1.58. The van der Waals surface area contributed by atoms with Crippen LogP contribution < -0.4 is 15.5 Å². The Morgan fingerprint density at radius 1 is 1.07 bits per heavy atom. The van der Waals surface area contributed by atoms with Crippen LogP contribution in [0, 0.1) is 11.6 Å². The highest BCUT2D eigenvalue weighted by Crippen LogP contribution is 2.34. The van der Waals surface area contributed by atoms with Crippen LogP contribution in [0.15, 0.2) is 55.0 Å². The van der Waals surface area contributed by atoms with Crippen LogP contribution in [0.4, 0.5) is 20.3 Å². The number of hydrogen-bond donors (Lipinski definition) is 2. The Morgan fingerprint density at radius 3 is 2.70 bits per heavy atom. The highest BCUT2D eigenvalue weighted by Gasteiger charge is 2.32. The van der Waals surface area contributed by atoms with E-state index in [1.807, 2.05) is 35.7 Å². The third kappa shape index (κ3) is 3.03. The van der Waals surface area contributed by atoms with E-state index in [1.54, 1.807) is 17.3 Å². The topological polar surface area (TPSA) is 70.4 Å². The summed E-state index contributed by atoms with van der Waals surface area (Å²) in [4.78, 5) is 15.4. The van der Waals surface area contributed by atoms with Crippen LogP contribution in [0.2, 0.25) is 0 Å². The van der Waals surface area contributed by atoms with Crippen LogP contribution in [0.1, 0.15) is 12.5 Å². The van der Waals surface area contributed by atoms with Crippen LogP contribution in [0.5, 0.6) is 0 Å². The summed E-state index contributed by atoms with van der Waals surface area (Å²) in [5, 5.41) is 6.55. The smallest absolute Gasteiger partial charge is 0.180 e. The molecule has 0 bridgehead atoms. The van der Waals surface area contributed by atoms with E-state index in [9.17, 15) is 8.78 Å². The fourth-order valence-corrected chi connectivity index (χ4v) is 3.64. The number of nitrogens with one attached hydrogen (secondary N) is 2. The van der Waals surface area contributed by atoms with Crippen LogP contribution in [-0.4, -0.2) is 32.2 Å². The zero-order valence-electron chi connectivity index (χ0n) is 16.2. The average Bonchev–Trinajstić information content (AvgIpc) is 3.32. The predicted octanol–water partition coefficient (Wildman–Crippen LogP) is 3.39. The summed E-state index contributed by atoms with van der Waals surface area (Å²) in [7, 11) is 0. The molecular weight excluding hydrogens is 388 g/mol. The summed E-state index contributed by atoms with van der Waals surface area (Å²) >= 11 is 0. The molecule has 5 rings (SSSR count). The Labute approximate surface area is 171 Å². The first-order valence-electron chi connectivity index (χ1n) is 9.64. The van der Waals surface area contributed by atoms with E-state index < -0.39 is 11.6 Å². The first-order valence-corrected chi connectivity index (χ1v) is 9.64. The van der Waals surface area contributed by atoms with Gasteiger partial charge in [0.1, 0.15) is 23.0 Å². The van der Waals surface area contributed by atoms with Gasteiger partial charge in [0.2, 0.25) is 0 Å². The molecule has 1 aliphatic rings. The predicted molar refractivity (Wildman–Crippen MR) is 110 cm³/mol. The number of rotatable bonds is 5. The van der Waals surface area contributed by atoms with Gasteiger partial charge in [0.15, 0.2) is 17.9 Å². The number of pyridine rings is 1. The van der Waals surface area contributed by atoms with Gasteiger partial charge < -0.3 is 10.2 Å². The van der Waals surface area contributed by atoms with Crippen molar-refractivity contribution < 1.29 is 8.78 Å². The standard InChI is InChI=1S/C21H19F2N7/c1-2-24-21-27-16-10-26-19(17-11-25-18-8-3-4-9-29(17)18)28-20(16)30(21)12-13-14(22)6-5-7-15(13)23/h3-11,21,24,27H,2,12H2,1H3. The van der Waals surface area contributed by atoms with Crippen molar-refractivity contribution >= 4 is 17.2 Å². The van der Waals surface area contributed by atoms with Gasteiger partial charge in [0.25, 0.3) is 0 Å². The zero-order valence-corrected chi connectivity index (χ0v) is 16.2. The first-order chi connectivity index (χ1) is 14.7. The molecule has 9 heteroatoms. The maximum absolute atomic E-state index is 14.3. The van der Waals surface area contributed by atoms with Crippen LogP contribution in [0.3, 0.4) is 0 Å². The van der Waals surface area contributed by atoms with Crippen molar-refractivity contribution in [3.63, 3.8) is 0 Å². The molecule has 30 heavy (non-hydrogen) atoms. The minimum atomic E-state index is -0.588. The molecule has 0 radical (unpaired) electrons. The molecule has 0 aliphatic carbocycles. The minimum Gasteiger partial charge on any atom is -0.349 e. The molecule has 0 saturated heterocycles. The second-order valence-electron chi connectivity index (χ2n) is 6.94. The highest BCUT2D eigenvalue weighted by molar-refractivity contribution is 5.73. The molecule has 7 nitrogen and oxygen atoms in total. The number of fused-ring (bicyclic) bond motifs is 2. The maximum atomic E-state index is 14.3. The van der Waals surface area contributed by atoms with Gasteiger partial charge in [0, 0.05) is 11.8 Å². The summed E-state index contributed by atoms with van der Waals surface area (Å²) < 4.78 is 30.5. The molecule has 1 aromatic carbocycles. The van der Waals surface area contributed by atoms with E-state index in [0.29, 0.717) is 23.9 Å². The average molecular weight is 407 g/mol. The van der Waals surface area contributed by atoms with E-state index in [2.05, 4.69) is 20.6 Å². The zero-order chi connectivity index (χ0) is 20.7. The van der Waals surface area contributed by atoms with Crippen molar-refractivity contribution in [2.75, 3.05) is 16.8 Å². The van der Waals surface area contributed by atoms with Crippen molar-refractivity contribution in [3.05, 3.63) is 72.2 Å². The second-order valence-corrected chi connectivity index (χ2v) is 6.94. The maximum Gasteiger partial charge on any atom is 0.180 e. The van der Waals surface area contributed by atoms with E-state index in [0.717, 1.165) is 11.3 Å². The summed E-state index contributed by atoms with van der Waals surface area (Å²) in [6.07, 6.45) is 4.92. The molecule has 0 saturated carbocycles. The van der Waals surface area contributed by atoms with E-state index in [-0.39, 0.29) is 18.4 Å². The summed E-state index contributed by atoms with van der Waals surface area (Å²) in [6.45, 7) is 2.64. The number of hydrogen-bond acceptors (Lipinski definition) is 6. The molecule has 4 aromatic rings. The third-order valence-electron chi connectivity index (χ3n) is 5.08. The monoisotopic (exact) mass is 407 g/mol. The van der Waals surface area contributed by atoms with Gasteiger partial charge in [-0.05, 0) is 30.8 Å².